The van der Waals surface area contributed by atoms with Crippen molar-refractivity contribution in [1.82, 2.24) is 20.2 Å². The van der Waals surface area contributed by atoms with E-state index in [0.717, 1.165) is 5.69 Å². The van der Waals surface area contributed by atoms with E-state index in [2.05, 4.69) is 20.8 Å². The second-order valence-corrected chi connectivity index (χ2v) is 7.59. The number of anilines is 2. The Bertz CT molecular complexity index is 991. The fourth-order valence-electron chi connectivity index (χ4n) is 2.83. The molecule has 0 aliphatic rings. The minimum absolute atomic E-state index is 0.0229. The quantitative estimate of drug-likeness (QED) is 0.602. The lowest BCUT2D eigenvalue weighted by Crippen LogP contribution is -2.36. The highest BCUT2D eigenvalue weighted by molar-refractivity contribution is 8.00. The summed E-state index contributed by atoms with van der Waals surface area (Å²) in [6, 6.07) is 16.8. The smallest absolute Gasteiger partial charge is 0.240 e. The molecule has 0 aliphatic carbocycles. The molecule has 3 rings (SSSR count). The third kappa shape index (κ3) is 5.00. The number of carbonyl (C=O) groups excluding carboxylic acids is 2. The maximum absolute atomic E-state index is 13.0. The molecule has 0 radical (unpaired) electrons. The number of thioether (sulfide) groups is 1. The van der Waals surface area contributed by atoms with Gasteiger partial charge in [-0.15, -0.1) is 5.10 Å². The van der Waals surface area contributed by atoms with Gasteiger partial charge in [-0.1, -0.05) is 36.0 Å². The highest BCUT2D eigenvalue weighted by Crippen LogP contribution is 2.26. The molecule has 0 saturated carbocycles. The van der Waals surface area contributed by atoms with Crippen LogP contribution in [0.3, 0.4) is 0 Å². The van der Waals surface area contributed by atoms with Gasteiger partial charge in [-0.25, -0.2) is 0 Å². The fraction of sp³-hybridized carbons (Fsp3) is 0.250. The summed E-state index contributed by atoms with van der Waals surface area (Å²) >= 11 is 1.29. The van der Waals surface area contributed by atoms with Crippen LogP contribution in [0.4, 0.5) is 11.4 Å². The first-order valence-corrected chi connectivity index (χ1v) is 10.1. The lowest BCUT2D eigenvalue weighted by Gasteiger charge is -2.24. The molecule has 1 atom stereocenters. The summed E-state index contributed by atoms with van der Waals surface area (Å²) in [5, 5.41) is 14.7. The molecule has 1 N–H and O–H groups in total. The summed E-state index contributed by atoms with van der Waals surface area (Å²) in [6.45, 7) is 5.80. The number of nitrogens with zero attached hydrogens (tertiary/aromatic N) is 5. The molecule has 2 aromatic carbocycles. The van der Waals surface area contributed by atoms with E-state index in [1.165, 1.54) is 18.7 Å². The van der Waals surface area contributed by atoms with E-state index in [1.54, 1.807) is 27.8 Å². The van der Waals surface area contributed by atoms with Gasteiger partial charge in [0.2, 0.25) is 17.0 Å². The average molecular weight is 411 g/mol. The summed E-state index contributed by atoms with van der Waals surface area (Å²) in [5.74, 6) is -0.182. The van der Waals surface area contributed by atoms with Gasteiger partial charge in [-0.3, -0.25) is 9.59 Å². The molecule has 1 unspecified atom stereocenters. The van der Waals surface area contributed by atoms with Crippen LogP contribution in [0.15, 0.2) is 59.8 Å². The van der Waals surface area contributed by atoms with Crippen LogP contribution in [0.1, 0.15) is 20.8 Å². The van der Waals surface area contributed by atoms with Gasteiger partial charge >= 0.3 is 0 Å². The predicted octanol–water partition coefficient (Wildman–Crippen LogP) is 3.15. The molecular weight excluding hydrogens is 388 g/mol. The molecule has 1 heterocycles. The van der Waals surface area contributed by atoms with E-state index in [4.69, 9.17) is 0 Å². The number of tetrazole rings is 1. The Balaban J connectivity index is 1.79. The zero-order chi connectivity index (χ0) is 20.8. The van der Waals surface area contributed by atoms with Gasteiger partial charge in [-0.2, -0.15) is 4.68 Å². The lowest BCUT2D eigenvalue weighted by atomic mass is 10.2. The third-order valence-corrected chi connectivity index (χ3v) is 5.15. The third-order valence-electron chi connectivity index (χ3n) is 4.13. The highest BCUT2D eigenvalue weighted by atomic mass is 32.2. The largest absolute Gasteiger partial charge is 0.326 e. The minimum atomic E-state index is -0.390. The minimum Gasteiger partial charge on any atom is -0.326 e. The van der Waals surface area contributed by atoms with Gasteiger partial charge in [0, 0.05) is 24.8 Å². The zero-order valence-corrected chi connectivity index (χ0v) is 17.3. The van der Waals surface area contributed by atoms with Crippen LogP contribution >= 0.6 is 11.8 Å². The molecule has 0 aliphatic heterocycles. The zero-order valence-electron chi connectivity index (χ0n) is 16.4. The normalized spacial score (nSPS) is 11.7. The van der Waals surface area contributed by atoms with Crippen LogP contribution in [0.5, 0.6) is 0 Å². The number of amides is 2. The second-order valence-electron chi connectivity index (χ2n) is 6.28. The molecule has 0 saturated heterocycles. The van der Waals surface area contributed by atoms with Crippen molar-refractivity contribution >= 4 is 35.0 Å². The van der Waals surface area contributed by atoms with Crippen LogP contribution in [0.25, 0.3) is 5.69 Å². The average Bonchev–Trinajstić information content (AvgIpc) is 3.17. The van der Waals surface area contributed by atoms with Crippen molar-refractivity contribution in [3.63, 3.8) is 0 Å². The summed E-state index contributed by atoms with van der Waals surface area (Å²) in [6.07, 6.45) is 0. The SMILES string of the molecule is CCN(C(=O)C(C)Sc1nnnn1-c1cccc(NC(C)=O)c1)c1ccccc1. The van der Waals surface area contributed by atoms with Crippen LogP contribution in [-0.2, 0) is 9.59 Å². The van der Waals surface area contributed by atoms with E-state index >= 15 is 0 Å². The van der Waals surface area contributed by atoms with E-state index in [0.29, 0.717) is 23.1 Å². The van der Waals surface area contributed by atoms with Gasteiger partial charge in [0.1, 0.15) is 0 Å². The molecule has 2 amide bonds. The van der Waals surface area contributed by atoms with Crippen molar-refractivity contribution < 1.29 is 9.59 Å². The van der Waals surface area contributed by atoms with Gasteiger partial charge in [-0.05, 0) is 54.6 Å². The predicted molar refractivity (Wildman–Crippen MR) is 113 cm³/mol. The van der Waals surface area contributed by atoms with Crippen molar-refractivity contribution in [2.75, 3.05) is 16.8 Å². The molecule has 1 aromatic heterocycles. The number of aromatic nitrogens is 4. The second kappa shape index (κ2) is 9.33. The Morgan fingerprint density at radius 2 is 1.93 bits per heavy atom. The molecule has 8 nitrogen and oxygen atoms in total. The van der Waals surface area contributed by atoms with E-state index in [-0.39, 0.29) is 11.8 Å². The first kappa shape index (κ1) is 20.5. The Morgan fingerprint density at radius 3 is 2.62 bits per heavy atom. The molecule has 150 valence electrons. The van der Waals surface area contributed by atoms with Crippen molar-refractivity contribution in [2.24, 2.45) is 0 Å². The summed E-state index contributed by atoms with van der Waals surface area (Å²) in [5.41, 5.74) is 2.20. The van der Waals surface area contributed by atoms with Gasteiger partial charge in [0.15, 0.2) is 0 Å². The Kier molecular flexibility index (Phi) is 6.61. The highest BCUT2D eigenvalue weighted by Gasteiger charge is 2.24. The molecule has 0 spiro atoms. The van der Waals surface area contributed by atoms with E-state index < -0.39 is 5.25 Å². The molecule has 3 aromatic rings. The number of nitrogens with one attached hydrogen (secondary N) is 1. The van der Waals surface area contributed by atoms with E-state index in [9.17, 15) is 9.59 Å². The number of benzene rings is 2. The summed E-state index contributed by atoms with van der Waals surface area (Å²) < 4.78 is 1.55. The Labute approximate surface area is 173 Å². The van der Waals surface area contributed by atoms with Crippen LogP contribution in [0, 0.1) is 0 Å². The Morgan fingerprint density at radius 1 is 1.17 bits per heavy atom. The number of hydrogen-bond acceptors (Lipinski definition) is 6. The topological polar surface area (TPSA) is 93.0 Å². The fourth-order valence-corrected chi connectivity index (χ4v) is 3.70. The van der Waals surface area contributed by atoms with Crippen molar-refractivity contribution in [3.05, 3.63) is 54.6 Å². The van der Waals surface area contributed by atoms with Gasteiger partial charge < -0.3 is 10.2 Å². The van der Waals surface area contributed by atoms with Crippen LogP contribution < -0.4 is 10.2 Å². The van der Waals surface area contributed by atoms with Crippen LogP contribution in [0.2, 0.25) is 0 Å². The van der Waals surface area contributed by atoms with Crippen molar-refractivity contribution in [1.29, 1.82) is 0 Å². The number of rotatable bonds is 7. The Hall–Kier alpha value is -3.20. The van der Waals surface area contributed by atoms with Crippen LogP contribution in [-0.4, -0.2) is 43.8 Å². The number of hydrogen-bond donors (Lipinski definition) is 1. The number of para-hydroxylation sites is 1. The maximum Gasteiger partial charge on any atom is 0.240 e. The maximum atomic E-state index is 13.0. The molecule has 0 bridgehead atoms. The molecule has 0 fully saturated rings. The van der Waals surface area contributed by atoms with Crippen molar-refractivity contribution in [3.8, 4) is 5.69 Å². The molecular formula is C20H22N6O2S. The first-order valence-electron chi connectivity index (χ1n) is 9.19. The molecule has 29 heavy (non-hydrogen) atoms. The number of carbonyl (C=O) groups is 2. The van der Waals surface area contributed by atoms with Gasteiger partial charge in [0.05, 0.1) is 10.9 Å². The summed E-state index contributed by atoms with van der Waals surface area (Å²) in [4.78, 5) is 26.0. The monoisotopic (exact) mass is 410 g/mol. The van der Waals surface area contributed by atoms with E-state index in [1.807, 2.05) is 50.2 Å². The van der Waals surface area contributed by atoms with Gasteiger partial charge in [0.25, 0.3) is 0 Å². The standard InChI is InChI=1S/C20H22N6O2S/c1-4-25(17-10-6-5-7-11-17)19(28)14(2)29-20-22-23-24-26(20)18-12-8-9-16(13-18)21-15(3)27/h5-14H,4H2,1-3H3,(H,21,27). The lowest BCUT2D eigenvalue weighted by molar-refractivity contribution is -0.118. The van der Waals surface area contributed by atoms with Crippen molar-refractivity contribution in [2.45, 2.75) is 31.2 Å². The first-order chi connectivity index (χ1) is 14.0. The molecule has 9 heteroatoms. The summed E-state index contributed by atoms with van der Waals surface area (Å²) in [7, 11) is 0.